The summed E-state index contributed by atoms with van der Waals surface area (Å²) in [5, 5.41) is 3.64. The van der Waals surface area contributed by atoms with Crippen LogP contribution in [0.3, 0.4) is 0 Å². The van der Waals surface area contributed by atoms with Gasteiger partial charge in [-0.3, -0.25) is 13.9 Å². The summed E-state index contributed by atoms with van der Waals surface area (Å²) in [6.07, 6.45) is 0.964. The largest absolute Gasteiger partial charge is 0.352 e. The van der Waals surface area contributed by atoms with Crippen LogP contribution in [-0.2, 0) is 26.2 Å². The maximum absolute atomic E-state index is 14.0. The summed E-state index contributed by atoms with van der Waals surface area (Å²) in [6, 6.07) is 16.3. The van der Waals surface area contributed by atoms with Crippen molar-refractivity contribution >= 4 is 50.7 Å². The molecule has 2 atom stereocenters. The van der Waals surface area contributed by atoms with Crippen molar-refractivity contribution in [3.63, 3.8) is 0 Å². The molecule has 214 valence electrons. The third-order valence-electron chi connectivity index (χ3n) is 6.47. The Balaban J connectivity index is 2.06. The minimum atomic E-state index is -4.29. The van der Waals surface area contributed by atoms with E-state index in [4.69, 9.17) is 23.2 Å². The Morgan fingerprint density at radius 1 is 0.950 bits per heavy atom. The maximum atomic E-state index is 14.0. The van der Waals surface area contributed by atoms with Gasteiger partial charge < -0.3 is 10.2 Å². The van der Waals surface area contributed by atoms with Crippen molar-refractivity contribution in [3.8, 4) is 0 Å². The van der Waals surface area contributed by atoms with E-state index < -0.39 is 34.3 Å². The van der Waals surface area contributed by atoms with E-state index in [9.17, 15) is 22.4 Å². The highest BCUT2D eigenvalue weighted by Crippen LogP contribution is 2.27. The zero-order valence-electron chi connectivity index (χ0n) is 22.5. The predicted molar refractivity (Wildman–Crippen MR) is 156 cm³/mol. The Kier molecular flexibility index (Phi) is 11.0. The van der Waals surface area contributed by atoms with Crippen LogP contribution in [-0.4, -0.2) is 43.8 Å². The van der Waals surface area contributed by atoms with Crippen LogP contribution in [0.25, 0.3) is 0 Å². The number of benzene rings is 3. The molecule has 1 N–H and O–H groups in total. The standard InChI is InChI=1S/C29H32Cl2FN3O4S/c1-4-20(3)33-29(37)27(5-2)34(18-21-11-12-22(30)17-26(21)31)28(36)19-35(24-9-7-6-8-10-24)40(38,39)25-15-13-23(32)14-16-25/h6-17,20,27H,4-5,18-19H2,1-3H3,(H,33,37). The first-order chi connectivity index (χ1) is 19.0. The van der Waals surface area contributed by atoms with Crippen molar-refractivity contribution in [1.29, 1.82) is 0 Å². The van der Waals surface area contributed by atoms with Gasteiger partial charge in [-0.1, -0.05) is 61.3 Å². The molecular weight excluding hydrogens is 576 g/mol. The van der Waals surface area contributed by atoms with Crippen molar-refractivity contribution in [2.75, 3.05) is 10.8 Å². The van der Waals surface area contributed by atoms with Gasteiger partial charge >= 0.3 is 0 Å². The Hall–Kier alpha value is -3.14. The van der Waals surface area contributed by atoms with Gasteiger partial charge in [0, 0.05) is 22.6 Å². The molecule has 0 aliphatic heterocycles. The van der Waals surface area contributed by atoms with Crippen LogP contribution in [0.2, 0.25) is 10.0 Å². The molecule has 0 spiro atoms. The number of carbonyl (C=O) groups excluding carboxylic acids is 2. The molecular formula is C29H32Cl2FN3O4S. The van der Waals surface area contributed by atoms with Crippen molar-refractivity contribution < 1.29 is 22.4 Å². The van der Waals surface area contributed by atoms with Gasteiger partial charge in [-0.25, -0.2) is 12.8 Å². The van der Waals surface area contributed by atoms with Gasteiger partial charge in [0.1, 0.15) is 18.4 Å². The van der Waals surface area contributed by atoms with Crippen LogP contribution >= 0.6 is 23.2 Å². The van der Waals surface area contributed by atoms with Gasteiger partial charge in [0.25, 0.3) is 10.0 Å². The quantitative estimate of drug-likeness (QED) is 0.271. The second kappa shape index (κ2) is 14.0. The zero-order valence-corrected chi connectivity index (χ0v) is 24.8. The van der Waals surface area contributed by atoms with E-state index in [0.717, 1.165) is 28.6 Å². The molecule has 3 aromatic carbocycles. The summed E-state index contributed by atoms with van der Waals surface area (Å²) in [6.45, 7) is 4.90. The van der Waals surface area contributed by atoms with E-state index in [0.29, 0.717) is 22.0 Å². The number of nitrogens with zero attached hydrogens (tertiary/aromatic N) is 2. The number of nitrogens with one attached hydrogen (secondary N) is 1. The molecule has 2 amide bonds. The average Bonchev–Trinajstić information content (AvgIpc) is 2.93. The molecule has 0 radical (unpaired) electrons. The summed E-state index contributed by atoms with van der Waals surface area (Å²) in [7, 11) is -4.29. The average molecular weight is 609 g/mol. The molecule has 40 heavy (non-hydrogen) atoms. The lowest BCUT2D eigenvalue weighted by Crippen LogP contribution is -2.53. The van der Waals surface area contributed by atoms with Gasteiger partial charge in [0.05, 0.1) is 10.6 Å². The summed E-state index contributed by atoms with van der Waals surface area (Å²) < 4.78 is 42.0. The smallest absolute Gasteiger partial charge is 0.264 e. The van der Waals surface area contributed by atoms with Crippen LogP contribution < -0.4 is 9.62 Å². The van der Waals surface area contributed by atoms with E-state index >= 15 is 0 Å². The molecule has 7 nitrogen and oxygen atoms in total. The third-order valence-corrected chi connectivity index (χ3v) is 8.84. The highest BCUT2D eigenvalue weighted by Gasteiger charge is 2.34. The van der Waals surface area contributed by atoms with E-state index in [1.165, 1.54) is 11.0 Å². The molecule has 0 aromatic heterocycles. The molecule has 0 fully saturated rings. The first-order valence-corrected chi connectivity index (χ1v) is 15.0. The van der Waals surface area contributed by atoms with Crippen molar-refractivity contribution in [3.05, 3.63) is 94.2 Å². The van der Waals surface area contributed by atoms with E-state index in [1.807, 2.05) is 13.8 Å². The van der Waals surface area contributed by atoms with Gasteiger partial charge in [-0.2, -0.15) is 0 Å². The van der Waals surface area contributed by atoms with Gasteiger partial charge in [0.2, 0.25) is 11.8 Å². The molecule has 0 saturated heterocycles. The van der Waals surface area contributed by atoms with Crippen LogP contribution in [0.1, 0.15) is 39.2 Å². The fourth-order valence-electron chi connectivity index (χ4n) is 4.05. The Morgan fingerprint density at radius 2 is 1.60 bits per heavy atom. The summed E-state index contributed by atoms with van der Waals surface area (Å²) >= 11 is 12.5. The molecule has 11 heteroatoms. The predicted octanol–water partition coefficient (Wildman–Crippen LogP) is 6.05. The molecule has 0 aliphatic carbocycles. The summed E-state index contributed by atoms with van der Waals surface area (Å²) in [5.41, 5.74) is 0.781. The summed E-state index contributed by atoms with van der Waals surface area (Å²) in [5.74, 6) is -1.57. The van der Waals surface area contributed by atoms with E-state index in [2.05, 4.69) is 5.32 Å². The first-order valence-electron chi connectivity index (χ1n) is 12.8. The SMILES string of the molecule is CCC(C)NC(=O)C(CC)N(Cc1ccc(Cl)cc1Cl)C(=O)CN(c1ccccc1)S(=O)(=O)c1ccc(F)cc1. The van der Waals surface area contributed by atoms with Crippen LogP contribution in [0.15, 0.2) is 77.7 Å². The molecule has 2 unspecified atom stereocenters. The van der Waals surface area contributed by atoms with Gasteiger partial charge in [0.15, 0.2) is 0 Å². The molecule has 0 heterocycles. The number of amides is 2. The number of sulfonamides is 1. The number of carbonyl (C=O) groups is 2. The van der Waals surface area contributed by atoms with Gasteiger partial charge in [-0.15, -0.1) is 0 Å². The molecule has 3 rings (SSSR count). The molecule has 0 saturated carbocycles. The molecule has 0 aliphatic rings. The van der Waals surface area contributed by atoms with Crippen LogP contribution in [0, 0.1) is 5.82 Å². The lowest BCUT2D eigenvalue weighted by Gasteiger charge is -2.34. The Morgan fingerprint density at radius 3 is 2.17 bits per heavy atom. The number of rotatable bonds is 12. The number of halogens is 3. The monoisotopic (exact) mass is 607 g/mol. The highest BCUT2D eigenvalue weighted by atomic mass is 35.5. The fraction of sp³-hybridized carbons (Fsp3) is 0.310. The maximum Gasteiger partial charge on any atom is 0.264 e. The Bertz CT molecular complexity index is 1420. The van der Waals surface area contributed by atoms with Crippen molar-refractivity contribution in [2.24, 2.45) is 0 Å². The number of anilines is 1. The minimum absolute atomic E-state index is 0.0551. The van der Waals surface area contributed by atoms with E-state index in [-0.39, 0.29) is 35.5 Å². The van der Waals surface area contributed by atoms with Gasteiger partial charge in [-0.05, 0) is 73.9 Å². The number of para-hydroxylation sites is 1. The third kappa shape index (κ3) is 7.74. The highest BCUT2D eigenvalue weighted by molar-refractivity contribution is 7.92. The fourth-order valence-corrected chi connectivity index (χ4v) is 5.93. The van der Waals surface area contributed by atoms with Crippen molar-refractivity contribution in [2.45, 2.75) is 57.1 Å². The van der Waals surface area contributed by atoms with E-state index in [1.54, 1.807) is 49.4 Å². The lowest BCUT2D eigenvalue weighted by atomic mass is 10.1. The first kappa shape index (κ1) is 31.4. The van der Waals surface area contributed by atoms with Crippen LogP contribution in [0.4, 0.5) is 10.1 Å². The normalized spacial score (nSPS) is 12.8. The molecule has 0 bridgehead atoms. The number of hydrogen-bond acceptors (Lipinski definition) is 4. The topological polar surface area (TPSA) is 86.8 Å². The molecule has 3 aromatic rings. The van der Waals surface area contributed by atoms with Crippen molar-refractivity contribution in [1.82, 2.24) is 10.2 Å². The second-order valence-electron chi connectivity index (χ2n) is 9.30. The van der Waals surface area contributed by atoms with Crippen LogP contribution in [0.5, 0.6) is 0 Å². The second-order valence-corrected chi connectivity index (χ2v) is 12.0. The summed E-state index contributed by atoms with van der Waals surface area (Å²) in [4.78, 5) is 28.5. The zero-order chi connectivity index (χ0) is 29.4. The Labute approximate surface area is 244 Å². The minimum Gasteiger partial charge on any atom is -0.352 e. The number of hydrogen-bond donors (Lipinski definition) is 1. The lowest BCUT2D eigenvalue weighted by molar-refractivity contribution is -0.140.